The molecule has 10 heteroatoms. The second-order valence-electron chi connectivity index (χ2n) is 6.83. The Labute approximate surface area is 159 Å². The van der Waals surface area contributed by atoms with E-state index >= 15 is 0 Å². The number of rotatable bonds is 5. The molecule has 0 saturated carbocycles. The second kappa shape index (κ2) is 6.92. The average molecular weight is 391 g/mol. The van der Waals surface area contributed by atoms with Gasteiger partial charge in [-0.2, -0.15) is 18.3 Å². The first kappa shape index (κ1) is 18.5. The molecule has 0 spiro atoms. The van der Waals surface area contributed by atoms with Crippen LogP contribution in [0.5, 0.6) is 0 Å². The molecule has 0 bridgehead atoms. The molecule has 0 amide bonds. The predicted octanol–water partition coefficient (Wildman–Crippen LogP) is 3.02. The highest BCUT2D eigenvalue weighted by molar-refractivity contribution is 5.45. The summed E-state index contributed by atoms with van der Waals surface area (Å²) >= 11 is 0. The maximum Gasteiger partial charge on any atom is 0.421 e. The molecule has 3 aromatic heterocycles. The van der Waals surface area contributed by atoms with Gasteiger partial charge in [-0.05, 0) is 13.8 Å². The molecule has 0 aromatic carbocycles. The summed E-state index contributed by atoms with van der Waals surface area (Å²) in [4.78, 5) is 12.4. The van der Waals surface area contributed by atoms with E-state index in [-0.39, 0.29) is 11.9 Å². The van der Waals surface area contributed by atoms with Crippen LogP contribution in [0.15, 0.2) is 24.8 Å². The molecular weight excluding hydrogens is 371 g/mol. The van der Waals surface area contributed by atoms with Crippen LogP contribution in [0.4, 0.5) is 19.0 Å². The maximum absolute atomic E-state index is 13.1. The topological polar surface area (TPSA) is 73.5 Å². The number of anilines is 1. The van der Waals surface area contributed by atoms with Crippen molar-refractivity contribution in [2.24, 2.45) is 0 Å². The SMILES string of the molecule is CCNc1nc(Cc2cn(C3Cc4nccn4C3)nc2C)ncc1C(F)(F)F. The zero-order chi connectivity index (χ0) is 19.9. The molecule has 1 N–H and O–H groups in total. The van der Waals surface area contributed by atoms with Gasteiger partial charge in [0, 0.05) is 56.3 Å². The van der Waals surface area contributed by atoms with Crippen molar-refractivity contribution in [3.8, 4) is 0 Å². The van der Waals surface area contributed by atoms with Crippen molar-refractivity contribution in [3.05, 3.63) is 53.3 Å². The van der Waals surface area contributed by atoms with Gasteiger partial charge in [-0.1, -0.05) is 0 Å². The molecule has 4 heterocycles. The Morgan fingerprint density at radius 3 is 2.82 bits per heavy atom. The van der Waals surface area contributed by atoms with Crippen LogP contribution in [0.3, 0.4) is 0 Å². The van der Waals surface area contributed by atoms with E-state index in [0.717, 1.165) is 36.2 Å². The molecule has 7 nitrogen and oxygen atoms in total. The Hall–Kier alpha value is -2.91. The fourth-order valence-corrected chi connectivity index (χ4v) is 3.44. The third-order valence-electron chi connectivity index (χ3n) is 4.86. The van der Waals surface area contributed by atoms with Crippen molar-refractivity contribution in [1.82, 2.24) is 29.3 Å². The van der Waals surface area contributed by atoms with E-state index in [2.05, 4.69) is 29.9 Å². The third-order valence-corrected chi connectivity index (χ3v) is 4.86. The zero-order valence-corrected chi connectivity index (χ0v) is 15.5. The van der Waals surface area contributed by atoms with Crippen LogP contribution in [-0.2, 0) is 25.6 Å². The molecule has 0 aliphatic carbocycles. The van der Waals surface area contributed by atoms with Crippen LogP contribution in [0, 0.1) is 6.92 Å². The molecule has 1 unspecified atom stereocenters. The summed E-state index contributed by atoms with van der Waals surface area (Å²) in [6.07, 6.45) is 3.13. The van der Waals surface area contributed by atoms with Gasteiger partial charge in [0.15, 0.2) is 0 Å². The first-order valence-corrected chi connectivity index (χ1v) is 9.06. The molecule has 28 heavy (non-hydrogen) atoms. The monoisotopic (exact) mass is 391 g/mol. The average Bonchev–Trinajstić information content (AvgIpc) is 3.29. The Bertz CT molecular complexity index is 969. The molecule has 1 aliphatic rings. The van der Waals surface area contributed by atoms with Crippen molar-refractivity contribution >= 4 is 5.82 Å². The maximum atomic E-state index is 13.1. The minimum Gasteiger partial charge on any atom is -0.370 e. The van der Waals surface area contributed by atoms with Gasteiger partial charge >= 0.3 is 6.18 Å². The highest BCUT2D eigenvalue weighted by atomic mass is 19.4. The summed E-state index contributed by atoms with van der Waals surface area (Å²) in [5, 5.41) is 7.27. The van der Waals surface area contributed by atoms with E-state index in [1.165, 1.54) is 0 Å². The number of alkyl halides is 3. The van der Waals surface area contributed by atoms with E-state index in [4.69, 9.17) is 0 Å². The summed E-state index contributed by atoms with van der Waals surface area (Å²) in [7, 11) is 0. The predicted molar refractivity (Wildman–Crippen MR) is 95.9 cm³/mol. The molecule has 1 atom stereocenters. The van der Waals surface area contributed by atoms with Gasteiger partial charge in [-0.25, -0.2) is 15.0 Å². The lowest BCUT2D eigenvalue weighted by atomic mass is 10.2. The molecule has 0 saturated heterocycles. The highest BCUT2D eigenvalue weighted by Gasteiger charge is 2.35. The largest absolute Gasteiger partial charge is 0.421 e. The molecule has 0 fully saturated rings. The van der Waals surface area contributed by atoms with Gasteiger partial charge in [0.25, 0.3) is 0 Å². The quantitative estimate of drug-likeness (QED) is 0.724. The van der Waals surface area contributed by atoms with Gasteiger partial charge in [0.05, 0.1) is 11.7 Å². The summed E-state index contributed by atoms with van der Waals surface area (Å²) < 4.78 is 43.4. The molecule has 4 rings (SSSR count). The van der Waals surface area contributed by atoms with Crippen LogP contribution in [0.25, 0.3) is 0 Å². The van der Waals surface area contributed by atoms with E-state index in [9.17, 15) is 13.2 Å². The smallest absolute Gasteiger partial charge is 0.370 e. The summed E-state index contributed by atoms with van der Waals surface area (Å²) in [6, 6.07) is 0.182. The molecule has 0 radical (unpaired) electrons. The van der Waals surface area contributed by atoms with Crippen molar-refractivity contribution in [3.63, 3.8) is 0 Å². The molecule has 3 aromatic rings. The van der Waals surface area contributed by atoms with E-state index in [1.807, 2.05) is 24.0 Å². The highest BCUT2D eigenvalue weighted by Crippen LogP contribution is 2.33. The lowest BCUT2D eigenvalue weighted by Crippen LogP contribution is -2.14. The number of hydrogen-bond donors (Lipinski definition) is 1. The van der Waals surface area contributed by atoms with Gasteiger partial charge in [0.1, 0.15) is 23.0 Å². The number of nitrogens with one attached hydrogen (secondary N) is 1. The summed E-state index contributed by atoms with van der Waals surface area (Å²) in [5.41, 5.74) is 0.857. The minimum absolute atomic E-state index is 0.182. The number of halogens is 3. The number of nitrogens with zero attached hydrogens (tertiary/aromatic N) is 6. The zero-order valence-electron chi connectivity index (χ0n) is 15.5. The molecule has 1 aliphatic heterocycles. The molecule has 148 valence electrons. The van der Waals surface area contributed by atoms with Crippen LogP contribution in [-0.4, -0.2) is 35.8 Å². The Morgan fingerprint density at radius 2 is 2.11 bits per heavy atom. The lowest BCUT2D eigenvalue weighted by Gasteiger charge is -2.13. The van der Waals surface area contributed by atoms with Gasteiger partial charge < -0.3 is 9.88 Å². The first-order chi connectivity index (χ1) is 13.3. The summed E-state index contributed by atoms with van der Waals surface area (Å²) in [5.74, 6) is 1.17. The number of aromatic nitrogens is 6. The van der Waals surface area contributed by atoms with Crippen molar-refractivity contribution < 1.29 is 13.2 Å². The number of imidazole rings is 1. The van der Waals surface area contributed by atoms with E-state index in [0.29, 0.717) is 18.8 Å². The Morgan fingerprint density at radius 1 is 1.29 bits per heavy atom. The first-order valence-electron chi connectivity index (χ1n) is 9.06. The fourth-order valence-electron chi connectivity index (χ4n) is 3.44. The van der Waals surface area contributed by atoms with Crippen LogP contribution >= 0.6 is 0 Å². The standard InChI is InChI=1S/C18H20F3N7/c1-3-22-17-14(18(19,20)21)8-24-15(25-17)6-12-9-28(26-11(12)2)13-7-16-23-4-5-27(16)10-13/h4-5,8-9,13H,3,6-7,10H2,1-2H3,(H,22,24,25). The van der Waals surface area contributed by atoms with Gasteiger partial charge in [0.2, 0.25) is 0 Å². The second-order valence-corrected chi connectivity index (χ2v) is 6.83. The number of aryl methyl sites for hydroxylation is 1. The fraction of sp³-hybridized carbons (Fsp3) is 0.444. The molecular formula is C18H20F3N7. The van der Waals surface area contributed by atoms with Gasteiger partial charge in [-0.15, -0.1) is 0 Å². The number of hydrogen-bond acceptors (Lipinski definition) is 5. The van der Waals surface area contributed by atoms with Crippen LogP contribution < -0.4 is 5.32 Å². The number of fused-ring (bicyclic) bond motifs is 1. The van der Waals surface area contributed by atoms with Crippen LogP contribution in [0.2, 0.25) is 0 Å². The van der Waals surface area contributed by atoms with Crippen molar-refractivity contribution in [1.29, 1.82) is 0 Å². The van der Waals surface area contributed by atoms with Crippen molar-refractivity contribution in [2.75, 3.05) is 11.9 Å². The Balaban J connectivity index is 1.55. The Kier molecular flexibility index (Phi) is 4.56. The van der Waals surface area contributed by atoms with Crippen molar-refractivity contribution in [2.45, 2.75) is 45.5 Å². The summed E-state index contributed by atoms with van der Waals surface area (Å²) in [6.45, 7) is 4.75. The van der Waals surface area contributed by atoms with Crippen LogP contribution in [0.1, 0.15) is 41.4 Å². The van der Waals surface area contributed by atoms with E-state index < -0.39 is 11.7 Å². The van der Waals surface area contributed by atoms with Gasteiger partial charge in [-0.3, -0.25) is 4.68 Å². The lowest BCUT2D eigenvalue weighted by molar-refractivity contribution is -0.137. The minimum atomic E-state index is -4.50. The van der Waals surface area contributed by atoms with E-state index in [1.54, 1.807) is 13.1 Å². The normalized spacial score (nSPS) is 16.4. The third kappa shape index (κ3) is 3.46.